The first-order chi connectivity index (χ1) is 7.15. The summed E-state index contributed by atoms with van der Waals surface area (Å²) in [6.07, 6.45) is 3.85. The van der Waals surface area contributed by atoms with E-state index >= 15 is 0 Å². The molecule has 0 aliphatic rings. The Morgan fingerprint density at radius 3 is 2.80 bits per heavy atom. The van der Waals surface area contributed by atoms with Gasteiger partial charge >= 0.3 is 0 Å². The molecule has 2 unspecified atom stereocenters. The van der Waals surface area contributed by atoms with Crippen LogP contribution in [0.4, 0.5) is 0 Å². The van der Waals surface area contributed by atoms with Gasteiger partial charge in [0.25, 0.3) is 0 Å². The zero-order chi connectivity index (χ0) is 11.3. The van der Waals surface area contributed by atoms with Crippen molar-refractivity contribution < 1.29 is 4.42 Å². The Kier molecular flexibility index (Phi) is 5.79. The summed E-state index contributed by atoms with van der Waals surface area (Å²) in [4.78, 5) is 0. The molecule has 0 amide bonds. The van der Waals surface area contributed by atoms with Crippen LogP contribution in [-0.4, -0.2) is 18.6 Å². The van der Waals surface area contributed by atoms with Crippen LogP contribution in [0, 0.1) is 5.92 Å². The van der Waals surface area contributed by atoms with Crippen LogP contribution in [0.1, 0.15) is 25.6 Å². The Labute approximate surface area is 104 Å². The van der Waals surface area contributed by atoms with Crippen LogP contribution in [0.3, 0.4) is 0 Å². The minimum absolute atomic E-state index is 0.263. The van der Waals surface area contributed by atoms with E-state index in [-0.39, 0.29) is 6.04 Å². The summed E-state index contributed by atoms with van der Waals surface area (Å²) in [5.74, 6) is 2.86. The maximum absolute atomic E-state index is 5.40. The second-order valence-corrected chi connectivity index (χ2v) is 5.59. The molecule has 1 aromatic heterocycles. The first-order valence-corrected chi connectivity index (χ1v) is 7.29. The first kappa shape index (κ1) is 13.1. The van der Waals surface area contributed by atoms with Crippen molar-refractivity contribution in [2.75, 3.05) is 18.6 Å². The third-order valence-corrected chi connectivity index (χ3v) is 3.82. The molecule has 2 atom stereocenters. The number of hydrogen-bond donors (Lipinski definition) is 1. The summed E-state index contributed by atoms with van der Waals surface area (Å²) < 4.78 is 6.45. The van der Waals surface area contributed by atoms with Gasteiger partial charge in [-0.25, -0.2) is 0 Å². The van der Waals surface area contributed by atoms with Crippen LogP contribution in [-0.2, 0) is 0 Å². The van der Waals surface area contributed by atoms with Gasteiger partial charge < -0.3 is 9.73 Å². The Morgan fingerprint density at radius 2 is 2.27 bits per heavy atom. The highest BCUT2D eigenvalue weighted by Gasteiger charge is 2.13. The molecule has 15 heavy (non-hydrogen) atoms. The first-order valence-electron chi connectivity index (χ1n) is 5.10. The topological polar surface area (TPSA) is 25.2 Å². The number of hydrogen-bond acceptors (Lipinski definition) is 3. The lowest BCUT2D eigenvalue weighted by molar-refractivity contribution is 0.411. The van der Waals surface area contributed by atoms with Gasteiger partial charge in [-0.05, 0) is 53.4 Å². The smallest absolute Gasteiger partial charge is 0.134 e. The largest absolute Gasteiger partial charge is 0.466 e. The Hall–Kier alpha value is 0.0700. The molecule has 0 aliphatic carbocycles. The summed E-state index contributed by atoms with van der Waals surface area (Å²) in [6.45, 7) is 5.40. The van der Waals surface area contributed by atoms with Gasteiger partial charge in [0.15, 0.2) is 0 Å². The summed E-state index contributed by atoms with van der Waals surface area (Å²) in [5.41, 5.74) is 0. The third kappa shape index (κ3) is 4.21. The van der Waals surface area contributed by atoms with Crippen LogP contribution in [0.15, 0.2) is 21.2 Å². The van der Waals surface area contributed by atoms with E-state index in [0.29, 0.717) is 5.92 Å². The van der Waals surface area contributed by atoms with Crippen LogP contribution in [0.2, 0.25) is 0 Å². The summed E-state index contributed by atoms with van der Waals surface area (Å²) in [5, 5.41) is 3.47. The molecule has 0 saturated heterocycles. The fourth-order valence-corrected chi connectivity index (χ4v) is 2.66. The zero-order valence-electron chi connectivity index (χ0n) is 9.42. The molecule has 86 valence electrons. The molecule has 1 heterocycles. The Bertz CT molecular complexity index is 290. The van der Waals surface area contributed by atoms with Gasteiger partial charge in [0.1, 0.15) is 5.76 Å². The molecule has 0 spiro atoms. The molecular formula is C11H18BrNOS. The predicted molar refractivity (Wildman–Crippen MR) is 70.4 cm³/mol. The van der Waals surface area contributed by atoms with Gasteiger partial charge in [-0.15, -0.1) is 0 Å². The Morgan fingerprint density at radius 1 is 1.53 bits per heavy atom. The van der Waals surface area contributed by atoms with E-state index in [1.165, 1.54) is 5.75 Å². The monoisotopic (exact) mass is 291 g/mol. The molecule has 1 N–H and O–H groups in total. The SMILES string of the molecule is CSCC(C)CNC(C)c1occc1Br. The minimum Gasteiger partial charge on any atom is -0.466 e. The van der Waals surface area contributed by atoms with Crippen LogP contribution in [0.5, 0.6) is 0 Å². The van der Waals surface area contributed by atoms with E-state index in [1.807, 2.05) is 17.8 Å². The van der Waals surface area contributed by atoms with Crippen LogP contribution < -0.4 is 5.32 Å². The molecule has 0 saturated carbocycles. The lowest BCUT2D eigenvalue weighted by Crippen LogP contribution is -2.25. The fraction of sp³-hybridized carbons (Fsp3) is 0.636. The molecule has 4 heteroatoms. The van der Waals surface area contributed by atoms with Crippen molar-refractivity contribution in [3.05, 3.63) is 22.6 Å². The fourth-order valence-electron chi connectivity index (χ4n) is 1.43. The second-order valence-electron chi connectivity index (χ2n) is 3.82. The zero-order valence-corrected chi connectivity index (χ0v) is 11.8. The molecular weight excluding hydrogens is 274 g/mol. The van der Waals surface area contributed by atoms with Gasteiger partial charge in [-0.1, -0.05) is 6.92 Å². The number of nitrogens with one attached hydrogen (secondary N) is 1. The molecule has 0 aromatic carbocycles. The lowest BCUT2D eigenvalue weighted by atomic mass is 10.2. The maximum atomic E-state index is 5.40. The van der Waals surface area contributed by atoms with E-state index in [1.54, 1.807) is 6.26 Å². The maximum Gasteiger partial charge on any atom is 0.134 e. The van der Waals surface area contributed by atoms with Crippen molar-refractivity contribution in [3.8, 4) is 0 Å². The third-order valence-electron chi connectivity index (χ3n) is 2.26. The highest BCUT2D eigenvalue weighted by Crippen LogP contribution is 2.24. The van der Waals surface area contributed by atoms with Crippen molar-refractivity contribution in [1.82, 2.24) is 5.32 Å². The molecule has 0 bridgehead atoms. The highest BCUT2D eigenvalue weighted by atomic mass is 79.9. The van der Waals surface area contributed by atoms with Crippen molar-refractivity contribution in [2.45, 2.75) is 19.9 Å². The lowest BCUT2D eigenvalue weighted by Gasteiger charge is -2.15. The van der Waals surface area contributed by atoms with Crippen LogP contribution >= 0.6 is 27.7 Å². The summed E-state index contributed by atoms with van der Waals surface area (Å²) >= 11 is 5.36. The van der Waals surface area contributed by atoms with Gasteiger partial charge in [0, 0.05) is 0 Å². The van der Waals surface area contributed by atoms with E-state index in [2.05, 4.69) is 41.3 Å². The number of furan rings is 1. The number of halogens is 1. The van der Waals surface area contributed by atoms with E-state index in [9.17, 15) is 0 Å². The van der Waals surface area contributed by atoms with Gasteiger partial charge in [0.05, 0.1) is 16.8 Å². The van der Waals surface area contributed by atoms with E-state index < -0.39 is 0 Å². The van der Waals surface area contributed by atoms with Crippen molar-refractivity contribution in [2.24, 2.45) is 5.92 Å². The predicted octanol–water partition coefficient (Wildman–Crippen LogP) is 3.69. The number of thioether (sulfide) groups is 1. The van der Waals surface area contributed by atoms with Gasteiger partial charge in [-0.3, -0.25) is 0 Å². The van der Waals surface area contributed by atoms with E-state index in [0.717, 1.165) is 16.8 Å². The average molecular weight is 292 g/mol. The van der Waals surface area contributed by atoms with Gasteiger partial charge in [-0.2, -0.15) is 11.8 Å². The Balaban J connectivity index is 2.36. The molecule has 2 nitrogen and oxygen atoms in total. The molecule has 1 rings (SSSR count). The van der Waals surface area contributed by atoms with Crippen molar-refractivity contribution in [3.63, 3.8) is 0 Å². The summed E-state index contributed by atoms with van der Waals surface area (Å²) in [6, 6.07) is 2.19. The van der Waals surface area contributed by atoms with E-state index in [4.69, 9.17) is 4.42 Å². The summed E-state index contributed by atoms with van der Waals surface area (Å²) in [7, 11) is 0. The minimum atomic E-state index is 0.263. The standard InChI is InChI=1S/C11H18BrNOS/c1-8(7-15-3)6-13-9(2)11-10(12)4-5-14-11/h4-5,8-9,13H,6-7H2,1-3H3. The number of rotatable bonds is 6. The molecule has 1 aromatic rings. The van der Waals surface area contributed by atoms with Crippen molar-refractivity contribution >= 4 is 27.7 Å². The normalized spacial score (nSPS) is 15.2. The quantitative estimate of drug-likeness (QED) is 0.865. The molecule has 0 aliphatic heterocycles. The van der Waals surface area contributed by atoms with Crippen LogP contribution in [0.25, 0.3) is 0 Å². The molecule has 0 radical (unpaired) electrons. The highest BCUT2D eigenvalue weighted by molar-refractivity contribution is 9.10. The van der Waals surface area contributed by atoms with Crippen molar-refractivity contribution in [1.29, 1.82) is 0 Å². The van der Waals surface area contributed by atoms with Gasteiger partial charge in [0.2, 0.25) is 0 Å². The average Bonchev–Trinajstić information content (AvgIpc) is 2.61. The second kappa shape index (κ2) is 6.61. The molecule has 0 fully saturated rings.